The van der Waals surface area contributed by atoms with Gasteiger partial charge in [-0.15, -0.1) is 0 Å². The molecule has 0 bridgehead atoms. The first-order valence-corrected chi connectivity index (χ1v) is 5.89. The highest BCUT2D eigenvalue weighted by Crippen LogP contribution is 2.26. The Kier molecular flexibility index (Phi) is 3.78. The van der Waals surface area contributed by atoms with Gasteiger partial charge in [-0.3, -0.25) is 14.9 Å². The Balaban J connectivity index is 2.45. The van der Waals surface area contributed by atoms with Crippen molar-refractivity contribution in [3.63, 3.8) is 0 Å². The Morgan fingerprint density at radius 2 is 2.25 bits per heavy atom. The van der Waals surface area contributed by atoms with E-state index in [0.29, 0.717) is 19.5 Å². The molecule has 0 unspecified atom stereocenters. The van der Waals surface area contributed by atoms with Crippen LogP contribution in [-0.2, 0) is 4.79 Å². The summed E-state index contributed by atoms with van der Waals surface area (Å²) < 4.78 is 0. The summed E-state index contributed by atoms with van der Waals surface area (Å²) >= 11 is 0. The van der Waals surface area contributed by atoms with Gasteiger partial charge in [0.1, 0.15) is 0 Å². The Morgan fingerprint density at radius 1 is 1.50 bits per heavy atom. The number of carbonyl (C=O) groups is 2. The van der Waals surface area contributed by atoms with Crippen LogP contribution in [0, 0.1) is 10.1 Å². The molecule has 2 heterocycles. The SMILES string of the molecule is O=C1CN(c2nc(C(=O)O)ccc2[N+](=O)[O-])CCCN1. The van der Waals surface area contributed by atoms with Gasteiger partial charge >= 0.3 is 11.7 Å². The average molecular weight is 280 g/mol. The van der Waals surface area contributed by atoms with Gasteiger partial charge in [-0.2, -0.15) is 0 Å². The molecular weight excluding hydrogens is 268 g/mol. The van der Waals surface area contributed by atoms with Crippen LogP contribution in [0.5, 0.6) is 0 Å². The molecule has 1 amide bonds. The maximum absolute atomic E-state index is 11.5. The van der Waals surface area contributed by atoms with Crippen LogP contribution in [0.4, 0.5) is 11.5 Å². The molecule has 1 aliphatic heterocycles. The first kappa shape index (κ1) is 13.7. The fraction of sp³-hybridized carbons (Fsp3) is 0.364. The van der Waals surface area contributed by atoms with Gasteiger partial charge in [0, 0.05) is 19.2 Å². The standard InChI is InChI=1S/C11H12N4O5/c16-9-6-14(5-1-4-12-9)10-8(15(19)20)3-2-7(13-10)11(17)18/h2-3H,1,4-6H2,(H,12,16)(H,17,18). The van der Waals surface area contributed by atoms with Crippen LogP contribution < -0.4 is 10.2 Å². The van der Waals surface area contributed by atoms with Crippen LogP contribution >= 0.6 is 0 Å². The molecule has 0 aromatic carbocycles. The van der Waals surface area contributed by atoms with Crippen LogP contribution in [0.2, 0.25) is 0 Å². The molecule has 1 fully saturated rings. The third-order valence-electron chi connectivity index (χ3n) is 2.83. The van der Waals surface area contributed by atoms with Crippen molar-refractivity contribution in [1.29, 1.82) is 0 Å². The van der Waals surface area contributed by atoms with Gasteiger partial charge in [-0.25, -0.2) is 9.78 Å². The smallest absolute Gasteiger partial charge is 0.354 e. The Morgan fingerprint density at radius 3 is 2.90 bits per heavy atom. The number of amides is 1. The van der Waals surface area contributed by atoms with Crippen molar-refractivity contribution < 1.29 is 19.6 Å². The highest BCUT2D eigenvalue weighted by atomic mass is 16.6. The maximum atomic E-state index is 11.5. The number of nitrogens with one attached hydrogen (secondary N) is 1. The van der Waals surface area contributed by atoms with E-state index in [-0.39, 0.29) is 29.7 Å². The monoisotopic (exact) mass is 280 g/mol. The lowest BCUT2D eigenvalue weighted by molar-refractivity contribution is -0.384. The van der Waals surface area contributed by atoms with Crippen LogP contribution in [0.3, 0.4) is 0 Å². The number of hydrogen-bond donors (Lipinski definition) is 2. The Hall–Kier alpha value is -2.71. The van der Waals surface area contributed by atoms with Gasteiger partial charge in [-0.05, 0) is 12.5 Å². The lowest BCUT2D eigenvalue weighted by Crippen LogP contribution is -2.34. The minimum atomic E-state index is -1.28. The van der Waals surface area contributed by atoms with Crippen molar-refractivity contribution in [3.05, 3.63) is 27.9 Å². The Labute approximate surface area is 113 Å². The molecule has 0 aliphatic carbocycles. The topological polar surface area (TPSA) is 126 Å². The van der Waals surface area contributed by atoms with Gasteiger partial charge in [0.15, 0.2) is 5.69 Å². The number of carboxylic acids is 1. The van der Waals surface area contributed by atoms with Crippen molar-refractivity contribution in [3.8, 4) is 0 Å². The molecule has 9 nitrogen and oxygen atoms in total. The fourth-order valence-electron chi connectivity index (χ4n) is 1.92. The lowest BCUT2D eigenvalue weighted by Gasteiger charge is -2.19. The van der Waals surface area contributed by atoms with Crippen molar-refractivity contribution in [2.24, 2.45) is 0 Å². The predicted octanol–water partition coefficient (Wildman–Crippen LogP) is 0.0143. The molecule has 0 spiro atoms. The van der Waals surface area contributed by atoms with Crippen molar-refractivity contribution in [2.75, 3.05) is 24.5 Å². The maximum Gasteiger partial charge on any atom is 0.354 e. The molecule has 9 heteroatoms. The summed E-state index contributed by atoms with van der Waals surface area (Å²) in [5.74, 6) is -1.65. The first-order chi connectivity index (χ1) is 9.49. The Bertz CT molecular complexity index is 574. The zero-order chi connectivity index (χ0) is 14.7. The van der Waals surface area contributed by atoms with Crippen LogP contribution in [0.25, 0.3) is 0 Å². The third-order valence-corrected chi connectivity index (χ3v) is 2.83. The molecule has 1 saturated heterocycles. The molecule has 0 saturated carbocycles. The lowest BCUT2D eigenvalue weighted by atomic mass is 10.3. The zero-order valence-electron chi connectivity index (χ0n) is 10.4. The number of rotatable bonds is 3. The van der Waals surface area contributed by atoms with E-state index in [9.17, 15) is 19.7 Å². The number of nitro groups is 1. The molecule has 106 valence electrons. The second kappa shape index (κ2) is 5.51. The molecule has 1 aromatic heterocycles. The van der Waals surface area contributed by atoms with Crippen LogP contribution in [-0.4, -0.2) is 46.5 Å². The quantitative estimate of drug-likeness (QED) is 0.590. The number of carboxylic acid groups (broad SMARTS) is 1. The van der Waals surface area contributed by atoms with Crippen molar-refractivity contribution >= 4 is 23.4 Å². The number of pyridine rings is 1. The van der Waals surface area contributed by atoms with Crippen LogP contribution in [0.15, 0.2) is 12.1 Å². The van der Waals surface area contributed by atoms with Gasteiger partial charge in [0.25, 0.3) is 0 Å². The molecule has 1 aliphatic rings. The number of carbonyl (C=O) groups excluding carboxylic acids is 1. The van der Waals surface area contributed by atoms with E-state index in [0.717, 1.165) is 12.1 Å². The highest BCUT2D eigenvalue weighted by Gasteiger charge is 2.26. The molecule has 1 aromatic rings. The van der Waals surface area contributed by atoms with Crippen molar-refractivity contribution in [1.82, 2.24) is 10.3 Å². The fourth-order valence-corrected chi connectivity index (χ4v) is 1.92. The molecule has 2 N–H and O–H groups in total. The molecular formula is C11H12N4O5. The summed E-state index contributed by atoms with van der Waals surface area (Å²) in [5, 5.41) is 22.6. The summed E-state index contributed by atoms with van der Waals surface area (Å²) in [4.78, 5) is 38.0. The van der Waals surface area contributed by atoms with E-state index in [1.165, 1.54) is 4.90 Å². The zero-order valence-corrected chi connectivity index (χ0v) is 10.4. The number of anilines is 1. The predicted molar refractivity (Wildman–Crippen MR) is 67.7 cm³/mol. The molecule has 2 rings (SSSR count). The summed E-state index contributed by atoms with van der Waals surface area (Å²) in [6.07, 6.45) is 0.599. The molecule has 0 atom stereocenters. The normalized spacial score (nSPS) is 15.4. The number of aromatic nitrogens is 1. The first-order valence-electron chi connectivity index (χ1n) is 5.89. The average Bonchev–Trinajstić information content (AvgIpc) is 2.62. The van der Waals surface area contributed by atoms with Gasteiger partial charge in [0.05, 0.1) is 11.5 Å². The molecule has 0 radical (unpaired) electrons. The largest absolute Gasteiger partial charge is 0.477 e. The number of aromatic carboxylic acids is 1. The second-order valence-corrected chi connectivity index (χ2v) is 4.23. The summed E-state index contributed by atoms with van der Waals surface area (Å²) in [6, 6.07) is 2.16. The van der Waals surface area contributed by atoms with Gasteiger partial charge in [0.2, 0.25) is 11.7 Å². The summed E-state index contributed by atoms with van der Waals surface area (Å²) in [5.41, 5.74) is -0.611. The minimum Gasteiger partial charge on any atom is -0.477 e. The third kappa shape index (κ3) is 2.82. The van der Waals surface area contributed by atoms with E-state index < -0.39 is 10.9 Å². The van der Waals surface area contributed by atoms with Crippen molar-refractivity contribution in [2.45, 2.75) is 6.42 Å². The van der Waals surface area contributed by atoms with E-state index >= 15 is 0 Å². The van der Waals surface area contributed by atoms with Crippen LogP contribution in [0.1, 0.15) is 16.9 Å². The number of nitrogens with zero attached hydrogens (tertiary/aromatic N) is 3. The van der Waals surface area contributed by atoms with E-state index in [1.54, 1.807) is 0 Å². The van der Waals surface area contributed by atoms with E-state index in [2.05, 4.69) is 10.3 Å². The second-order valence-electron chi connectivity index (χ2n) is 4.23. The minimum absolute atomic E-state index is 0.0864. The molecule has 20 heavy (non-hydrogen) atoms. The van der Waals surface area contributed by atoms with Gasteiger partial charge < -0.3 is 15.3 Å². The summed E-state index contributed by atoms with van der Waals surface area (Å²) in [7, 11) is 0. The summed E-state index contributed by atoms with van der Waals surface area (Å²) in [6.45, 7) is 0.772. The van der Waals surface area contributed by atoms with E-state index in [1.807, 2.05) is 0 Å². The van der Waals surface area contributed by atoms with Gasteiger partial charge in [-0.1, -0.05) is 0 Å². The number of hydrogen-bond acceptors (Lipinski definition) is 6. The highest BCUT2D eigenvalue weighted by molar-refractivity contribution is 5.87. The van der Waals surface area contributed by atoms with E-state index in [4.69, 9.17) is 5.11 Å².